The maximum atomic E-state index is 11.5. The summed E-state index contributed by atoms with van der Waals surface area (Å²) in [6.07, 6.45) is 3.18. The van der Waals surface area contributed by atoms with E-state index in [4.69, 9.17) is 0 Å². The average Bonchev–Trinajstić information content (AvgIpc) is 2.96. The molecule has 0 bridgehead atoms. The van der Waals surface area contributed by atoms with Gasteiger partial charge >= 0.3 is 0 Å². The molecule has 1 aliphatic carbocycles. The number of hydrogen-bond donors (Lipinski definition) is 2. The maximum Gasteiger partial charge on any atom is 0.143 e. The molecule has 0 heterocycles. The van der Waals surface area contributed by atoms with Crippen molar-refractivity contribution in [2.24, 2.45) is 0 Å². The molecule has 0 atom stereocenters. The average molecular weight is 268 g/mol. The third-order valence-electron chi connectivity index (χ3n) is 4.49. The molecule has 2 nitrogen and oxygen atoms in total. The Bertz CT molecular complexity index is 517. The van der Waals surface area contributed by atoms with E-state index >= 15 is 0 Å². The van der Waals surface area contributed by atoms with Crippen LogP contribution in [0.4, 0.5) is 0 Å². The van der Waals surface area contributed by atoms with Crippen molar-refractivity contribution >= 4 is 0 Å². The molecule has 0 amide bonds. The molecule has 1 aliphatic rings. The van der Waals surface area contributed by atoms with E-state index in [1.165, 1.54) is 0 Å². The van der Waals surface area contributed by atoms with Gasteiger partial charge in [0.25, 0.3) is 0 Å². The minimum absolute atomic E-state index is 0.632. The third-order valence-corrected chi connectivity index (χ3v) is 4.49. The van der Waals surface area contributed by atoms with Crippen LogP contribution in [0.25, 0.3) is 0 Å². The lowest BCUT2D eigenvalue weighted by Gasteiger charge is -2.42. The van der Waals surface area contributed by atoms with Crippen LogP contribution in [0.3, 0.4) is 0 Å². The Balaban J connectivity index is 2.18. The van der Waals surface area contributed by atoms with Crippen LogP contribution in [0.1, 0.15) is 36.8 Å². The summed E-state index contributed by atoms with van der Waals surface area (Å²) in [6, 6.07) is 19.0. The van der Waals surface area contributed by atoms with Gasteiger partial charge in [-0.1, -0.05) is 73.5 Å². The van der Waals surface area contributed by atoms with E-state index in [2.05, 4.69) is 0 Å². The van der Waals surface area contributed by atoms with Crippen molar-refractivity contribution in [2.45, 2.75) is 36.9 Å². The second-order valence-corrected chi connectivity index (χ2v) is 5.68. The highest BCUT2D eigenvalue weighted by Gasteiger charge is 2.52. The quantitative estimate of drug-likeness (QED) is 0.897. The van der Waals surface area contributed by atoms with Gasteiger partial charge in [0.2, 0.25) is 0 Å². The standard InChI is InChI=1S/C18H20O2/c19-17(13-7-8-14-17)18(20,15-9-3-1-4-10-15)16-11-5-2-6-12-16/h1-6,9-12,19-20H,7-8,13-14H2. The van der Waals surface area contributed by atoms with Crippen molar-refractivity contribution in [3.05, 3.63) is 71.8 Å². The van der Waals surface area contributed by atoms with E-state index < -0.39 is 11.2 Å². The Hall–Kier alpha value is -1.64. The van der Waals surface area contributed by atoms with Gasteiger partial charge in [0, 0.05) is 0 Å². The largest absolute Gasteiger partial charge is 0.386 e. The van der Waals surface area contributed by atoms with Gasteiger partial charge in [-0.2, -0.15) is 0 Å². The zero-order valence-corrected chi connectivity index (χ0v) is 11.5. The predicted octanol–water partition coefficient (Wildman–Crippen LogP) is 3.23. The Morgan fingerprint density at radius 2 is 1.15 bits per heavy atom. The number of aliphatic hydroxyl groups is 2. The molecule has 0 aliphatic heterocycles. The first-order chi connectivity index (χ1) is 9.67. The van der Waals surface area contributed by atoms with Crippen LogP contribution in [-0.2, 0) is 5.60 Å². The Kier molecular flexibility index (Phi) is 3.36. The first-order valence-electron chi connectivity index (χ1n) is 7.23. The van der Waals surface area contributed by atoms with Crippen molar-refractivity contribution < 1.29 is 10.2 Å². The van der Waals surface area contributed by atoms with Crippen molar-refractivity contribution in [1.29, 1.82) is 0 Å². The van der Waals surface area contributed by atoms with Gasteiger partial charge in [-0.3, -0.25) is 0 Å². The molecule has 2 aromatic carbocycles. The lowest BCUT2D eigenvalue weighted by Crippen LogP contribution is -2.50. The van der Waals surface area contributed by atoms with Crippen LogP contribution < -0.4 is 0 Å². The summed E-state index contributed by atoms with van der Waals surface area (Å²) in [5, 5.41) is 22.5. The molecule has 2 heteroatoms. The van der Waals surface area contributed by atoms with Gasteiger partial charge in [0.05, 0.1) is 0 Å². The van der Waals surface area contributed by atoms with Gasteiger partial charge in [0.1, 0.15) is 11.2 Å². The van der Waals surface area contributed by atoms with E-state index in [-0.39, 0.29) is 0 Å². The van der Waals surface area contributed by atoms with E-state index in [0.29, 0.717) is 12.8 Å². The minimum atomic E-state index is -1.34. The fourth-order valence-corrected chi connectivity index (χ4v) is 3.38. The molecular weight excluding hydrogens is 248 g/mol. The van der Waals surface area contributed by atoms with Gasteiger partial charge in [0.15, 0.2) is 0 Å². The Morgan fingerprint density at radius 1 is 0.750 bits per heavy atom. The fraction of sp³-hybridized carbons (Fsp3) is 0.333. The SMILES string of the molecule is OC1(C(O)(c2ccccc2)c2ccccc2)CCCC1. The van der Waals surface area contributed by atoms with Crippen LogP contribution in [0.2, 0.25) is 0 Å². The maximum absolute atomic E-state index is 11.5. The molecular formula is C18H20O2. The molecule has 0 saturated heterocycles. The summed E-state index contributed by atoms with van der Waals surface area (Å²) in [5.74, 6) is 0. The van der Waals surface area contributed by atoms with Gasteiger partial charge in [-0.25, -0.2) is 0 Å². The van der Waals surface area contributed by atoms with Gasteiger partial charge in [-0.15, -0.1) is 0 Å². The van der Waals surface area contributed by atoms with Gasteiger partial charge in [-0.05, 0) is 24.0 Å². The van der Waals surface area contributed by atoms with Crippen molar-refractivity contribution in [1.82, 2.24) is 0 Å². The molecule has 20 heavy (non-hydrogen) atoms. The van der Waals surface area contributed by atoms with Gasteiger partial charge < -0.3 is 10.2 Å². The van der Waals surface area contributed by atoms with Crippen molar-refractivity contribution in [3.8, 4) is 0 Å². The third kappa shape index (κ3) is 1.96. The van der Waals surface area contributed by atoms with E-state index in [1.54, 1.807) is 0 Å². The van der Waals surface area contributed by atoms with Crippen molar-refractivity contribution in [2.75, 3.05) is 0 Å². The summed E-state index contributed by atoms with van der Waals surface area (Å²) in [5.41, 5.74) is -0.909. The number of rotatable bonds is 3. The lowest BCUT2D eigenvalue weighted by atomic mass is 9.72. The minimum Gasteiger partial charge on any atom is -0.386 e. The second-order valence-electron chi connectivity index (χ2n) is 5.68. The molecule has 0 spiro atoms. The molecule has 1 saturated carbocycles. The summed E-state index contributed by atoms with van der Waals surface area (Å²) in [7, 11) is 0. The molecule has 0 aromatic heterocycles. The zero-order chi connectivity index (χ0) is 14.1. The van der Waals surface area contributed by atoms with E-state index in [9.17, 15) is 10.2 Å². The summed E-state index contributed by atoms with van der Waals surface area (Å²) in [4.78, 5) is 0. The van der Waals surface area contributed by atoms with Crippen LogP contribution in [-0.4, -0.2) is 15.8 Å². The summed E-state index contributed by atoms with van der Waals surface area (Å²) in [6.45, 7) is 0. The van der Waals surface area contributed by atoms with Crippen molar-refractivity contribution in [3.63, 3.8) is 0 Å². The summed E-state index contributed by atoms with van der Waals surface area (Å²) < 4.78 is 0. The molecule has 2 aromatic rings. The smallest absolute Gasteiger partial charge is 0.143 e. The highest BCUT2D eigenvalue weighted by molar-refractivity contribution is 5.40. The number of benzene rings is 2. The lowest BCUT2D eigenvalue weighted by molar-refractivity contribution is -0.129. The van der Waals surface area contributed by atoms with Crippen LogP contribution in [0.15, 0.2) is 60.7 Å². The predicted molar refractivity (Wildman–Crippen MR) is 79.3 cm³/mol. The zero-order valence-electron chi connectivity index (χ0n) is 11.5. The van der Waals surface area contributed by atoms with Crippen LogP contribution in [0.5, 0.6) is 0 Å². The topological polar surface area (TPSA) is 40.5 Å². The first kappa shape index (κ1) is 13.3. The normalized spacial score (nSPS) is 18.1. The molecule has 0 unspecified atom stereocenters. The Labute approximate surface area is 119 Å². The fourth-order valence-electron chi connectivity index (χ4n) is 3.38. The highest BCUT2D eigenvalue weighted by atomic mass is 16.4. The molecule has 0 radical (unpaired) electrons. The molecule has 1 fully saturated rings. The molecule has 3 rings (SSSR count). The molecule has 104 valence electrons. The van der Waals surface area contributed by atoms with E-state index in [1.807, 2.05) is 60.7 Å². The Morgan fingerprint density at radius 3 is 1.55 bits per heavy atom. The summed E-state index contributed by atoms with van der Waals surface area (Å²) >= 11 is 0. The van der Waals surface area contributed by atoms with E-state index in [0.717, 1.165) is 24.0 Å². The number of hydrogen-bond acceptors (Lipinski definition) is 2. The highest BCUT2D eigenvalue weighted by Crippen LogP contribution is 2.47. The monoisotopic (exact) mass is 268 g/mol. The molecule has 2 N–H and O–H groups in total. The second kappa shape index (κ2) is 5.04. The van der Waals surface area contributed by atoms with Crippen LogP contribution >= 0.6 is 0 Å². The first-order valence-corrected chi connectivity index (χ1v) is 7.23. The van der Waals surface area contributed by atoms with Crippen LogP contribution in [0, 0.1) is 0 Å².